The molecule has 0 saturated heterocycles. The molecule has 3 heterocycles. The summed E-state index contributed by atoms with van der Waals surface area (Å²) in [6.07, 6.45) is 2.00. The SMILES string of the molecule is O=C(CC[C@@H]1N=C2c3ccccc3N=C(SCC(=O)NCc3ccco3)N2C1=O)NCc1ccccc1. The van der Waals surface area contributed by atoms with Crippen LogP contribution in [0.25, 0.3) is 0 Å². The van der Waals surface area contributed by atoms with Gasteiger partial charge < -0.3 is 15.1 Å². The van der Waals surface area contributed by atoms with Crippen LogP contribution in [-0.2, 0) is 27.5 Å². The average molecular weight is 516 g/mol. The molecule has 2 aromatic carbocycles. The van der Waals surface area contributed by atoms with E-state index in [-0.39, 0.29) is 42.9 Å². The van der Waals surface area contributed by atoms with Crippen LogP contribution in [0.5, 0.6) is 0 Å². The van der Waals surface area contributed by atoms with E-state index in [1.54, 1.807) is 18.4 Å². The lowest BCUT2D eigenvalue weighted by molar-refractivity contribution is -0.125. The molecule has 0 saturated carbocycles. The number of amidine groups is 2. The first-order valence-corrected chi connectivity index (χ1v) is 12.9. The molecule has 0 aliphatic carbocycles. The zero-order valence-electron chi connectivity index (χ0n) is 19.9. The maximum atomic E-state index is 13.4. The van der Waals surface area contributed by atoms with Crippen LogP contribution in [0.2, 0.25) is 0 Å². The van der Waals surface area contributed by atoms with Gasteiger partial charge in [-0.1, -0.05) is 54.2 Å². The first-order chi connectivity index (χ1) is 18.1. The van der Waals surface area contributed by atoms with Crippen molar-refractivity contribution in [2.75, 3.05) is 5.75 Å². The molecule has 5 rings (SSSR count). The minimum atomic E-state index is -0.692. The molecule has 3 amide bonds. The fourth-order valence-corrected chi connectivity index (χ4v) is 4.85. The molecule has 2 aliphatic rings. The van der Waals surface area contributed by atoms with E-state index in [2.05, 4.69) is 20.6 Å². The number of hydrogen-bond donors (Lipinski definition) is 2. The van der Waals surface area contributed by atoms with Crippen molar-refractivity contribution in [2.45, 2.75) is 32.0 Å². The number of furan rings is 1. The van der Waals surface area contributed by atoms with Crippen LogP contribution in [-0.4, -0.2) is 45.4 Å². The van der Waals surface area contributed by atoms with Gasteiger partial charge in [0.05, 0.1) is 24.2 Å². The van der Waals surface area contributed by atoms with Gasteiger partial charge in [-0.3, -0.25) is 19.4 Å². The molecule has 0 radical (unpaired) electrons. The quantitative estimate of drug-likeness (QED) is 0.453. The van der Waals surface area contributed by atoms with E-state index in [4.69, 9.17) is 4.42 Å². The predicted octanol–water partition coefficient (Wildman–Crippen LogP) is 3.38. The van der Waals surface area contributed by atoms with Gasteiger partial charge in [0, 0.05) is 18.5 Å². The molecule has 37 heavy (non-hydrogen) atoms. The van der Waals surface area contributed by atoms with Crippen LogP contribution in [0, 0.1) is 0 Å². The highest BCUT2D eigenvalue weighted by Gasteiger charge is 2.41. The number of carbonyl (C=O) groups is 3. The van der Waals surface area contributed by atoms with E-state index >= 15 is 0 Å². The van der Waals surface area contributed by atoms with E-state index in [0.717, 1.165) is 11.1 Å². The fraction of sp³-hybridized carbons (Fsp3) is 0.222. The van der Waals surface area contributed by atoms with Gasteiger partial charge in [-0.15, -0.1) is 0 Å². The molecule has 0 bridgehead atoms. The molecule has 2 N–H and O–H groups in total. The third-order valence-electron chi connectivity index (χ3n) is 5.90. The summed E-state index contributed by atoms with van der Waals surface area (Å²) in [5, 5.41) is 6.08. The van der Waals surface area contributed by atoms with Gasteiger partial charge in [0.2, 0.25) is 11.8 Å². The Labute approximate surface area is 218 Å². The number of rotatable bonds is 9. The Morgan fingerprint density at radius 1 is 0.946 bits per heavy atom. The van der Waals surface area contributed by atoms with Crippen molar-refractivity contribution < 1.29 is 18.8 Å². The summed E-state index contributed by atoms with van der Waals surface area (Å²) in [6, 6.07) is 19.9. The van der Waals surface area contributed by atoms with Gasteiger partial charge in [-0.05, 0) is 36.2 Å². The number of nitrogens with one attached hydrogen (secondary N) is 2. The largest absolute Gasteiger partial charge is 0.467 e. The monoisotopic (exact) mass is 515 g/mol. The topological polar surface area (TPSA) is 116 Å². The van der Waals surface area contributed by atoms with Crippen molar-refractivity contribution in [3.63, 3.8) is 0 Å². The summed E-state index contributed by atoms with van der Waals surface area (Å²) in [5.74, 6) is 0.637. The Hall–Kier alpha value is -4.18. The molecule has 0 fully saturated rings. The molecule has 2 aliphatic heterocycles. The number of nitrogens with zero attached hydrogens (tertiary/aromatic N) is 3. The van der Waals surface area contributed by atoms with Gasteiger partial charge in [-0.2, -0.15) is 0 Å². The van der Waals surface area contributed by atoms with Crippen LogP contribution in [0.1, 0.15) is 29.7 Å². The second kappa shape index (κ2) is 11.3. The first kappa shape index (κ1) is 24.5. The van der Waals surface area contributed by atoms with Crippen molar-refractivity contribution in [3.05, 3.63) is 89.9 Å². The molecule has 1 atom stereocenters. The number of hydrogen-bond acceptors (Lipinski definition) is 7. The van der Waals surface area contributed by atoms with Gasteiger partial charge in [0.15, 0.2) is 5.17 Å². The van der Waals surface area contributed by atoms with Crippen molar-refractivity contribution in [1.82, 2.24) is 15.5 Å². The van der Waals surface area contributed by atoms with Crippen molar-refractivity contribution >= 4 is 46.2 Å². The van der Waals surface area contributed by atoms with Crippen molar-refractivity contribution in [2.24, 2.45) is 9.98 Å². The maximum Gasteiger partial charge on any atom is 0.259 e. The van der Waals surface area contributed by atoms with E-state index in [1.807, 2.05) is 54.6 Å². The number of carbonyl (C=O) groups excluding carboxylic acids is 3. The standard InChI is InChI=1S/C27H25N5O4S/c33-23(28-15-18-7-2-1-3-8-18)13-12-22-26(35)32-25(30-22)20-10-4-5-11-21(20)31-27(32)37-17-24(34)29-16-19-9-6-14-36-19/h1-11,14,22H,12-13,15-17H2,(H,28,33)(H,29,34)/t22-/m0/s1. The van der Waals surface area contributed by atoms with E-state index in [9.17, 15) is 14.4 Å². The van der Waals surface area contributed by atoms with Gasteiger partial charge in [0.1, 0.15) is 17.6 Å². The maximum absolute atomic E-state index is 13.4. The third kappa shape index (κ3) is 5.80. The summed E-state index contributed by atoms with van der Waals surface area (Å²) in [4.78, 5) is 49.0. The Bertz CT molecular complexity index is 1350. The number of thioether (sulfide) groups is 1. The molecule has 188 valence electrons. The highest BCUT2D eigenvalue weighted by atomic mass is 32.2. The predicted molar refractivity (Wildman–Crippen MR) is 141 cm³/mol. The second-order valence-corrected chi connectivity index (χ2v) is 9.44. The molecule has 10 heteroatoms. The Balaban J connectivity index is 1.22. The summed E-state index contributed by atoms with van der Waals surface area (Å²) in [7, 11) is 0. The smallest absolute Gasteiger partial charge is 0.259 e. The average Bonchev–Trinajstić information content (AvgIpc) is 3.57. The zero-order valence-corrected chi connectivity index (χ0v) is 20.7. The Kier molecular flexibility index (Phi) is 7.46. The lowest BCUT2D eigenvalue weighted by atomic mass is 10.1. The number of aliphatic imine (C=N–C) groups is 2. The summed E-state index contributed by atoms with van der Waals surface area (Å²) in [6.45, 7) is 0.715. The number of fused-ring (bicyclic) bond motifs is 3. The van der Waals surface area contributed by atoms with E-state index < -0.39 is 6.04 Å². The summed E-state index contributed by atoms with van der Waals surface area (Å²) in [5.41, 5.74) is 2.44. The van der Waals surface area contributed by atoms with Crippen LogP contribution >= 0.6 is 11.8 Å². The highest BCUT2D eigenvalue weighted by Crippen LogP contribution is 2.34. The number of benzene rings is 2. The van der Waals surface area contributed by atoms with Crippen LogP contribution in [0.3, 0.4) is 0 Å². The van der Waals surface area contributed by atoms with Crippen LogP contribution in [0.4, 0.5) is 5.69 Å². The van der Waals surface area contributed by atoms with Gasteiger partial charge in [-0.25, -0.2) is 9.89 Å². The molecule has 3 aromatic rings. The van der Waals surface area contributed by atoms with Crippen molar-refractivity contribution in [3.8, 4) is 0 Å². The lowest BCUT2D eigenvalue weighted by Crippen LogP contribution is -2.41. The molecule has 0 unspecified atom stereocenters. The third-order valence-corrected chi connectivity index (χ3v) is 6.84. The fourth-order valence-electron chi connectivity index (χ4n) is 4.02. The molecule has 9 nitrogen and oxygen atoms in total. The molecule has 0 spiro atoms. The molecular weight excluding hydrogens is 490 g/mol. The van der Waals surface area contributed by atoms with Crippen LogP contribution in [0.15, 0.2) is 87.4 Å². The first-order valence-electron chi connectivity index (χ1n) is 11.9. The minimum absolute atomic E-state index is 0.0747. The summed E-state index contributed by atoms with van der Waals surface area (Å²) >= 11 is 1.17. The Morgan fingerprint density at radius 3 is 2.54 bits per heavy atom. The van der Waals surface area contributed by atoms with Gasteiger partial charge in [0.25, 0.3) is 5.91 Å². The van der Waals surface area contributed by atoms with Gasteiger partial charge >= 0.3 is 0 Å². The molecule has 1 aromatic heterocycles. The number of para-hydroxylation sites is 1. The highest BCUT2D eigenvalue weighted by molar-refractivity contribution is 8.14. The number of amides is 3. The second-order valence-electron chi connectivity index (χ2n) is 8.50. The lowest BCUT2D eigenvalue weighted by Gasteiger charge is -2.25. The van der Waals surface area contributed by atoms with E-state index in [1.165, 1.54) is 16.7 Å². The zero-order chi connectivity index (χ0) is 25.6. The minimum Gasteiger partial charge on any atom is -0.467 e. The molecular formula is C27H25N5O4S. The van der Waals surface area contributed by atoms with E-state index in [0.29, 0.717) is 29.0 Å². The normalized spacial score (nSPS) is 15.9. The summed E-state index contributed by atoms with van der Waals surface area (Å²) < 4.78 is 5.24. The van der Waals surface area contributed by atoms with Crippen molar-refractivity contribution in [1.29, 1.82) is 0 Å². The Morgan fingerprint density at radius 2 is 1.73 bits per heavy atom. The van der Waals surface area contributed by atoms with Crippen LogP contribution < -0.4 is 10.6 Å².